The molecule has 0 aromatic heterocycles. The SMILES string of the molecule is CC(=O)C(C)CCC(=O)CC[C@@H](C)[C@H]1CC[C@H]2[C@@H]3[C@H](O)CC4=CC(=O)CC[C@]4(C)[C@@]3(F)[C@@H](O)C(=O)[C@]12C. The molecule has 10 atom stereocenters. The lowest BCUT2D eigenvalue weighted by molar-refractivity contribution is -0.225. The van der Waals surface area contributed by atoms with Gasteiger partial charge >= 0.3 is 0 Å². The number of fused-ring (bicyclic) bond motifs is 5. The molecule has 6 nitrogen and oxygen atoms in total. The Morgan fingerprint density at radius 1 is 1.11 bits per heavy atom. The van der Waals surface area contributed by atoms with Crippen LogP contribution in [0.3, 0.4) is 0 Å². The maximum absolute atomic E-state index is 17.3. The average Bonchev–Trinajstić information content (AvgIpc) is 3.19. The van der Waals surface area contributed by atoms with Crippen molar-refractivity contribution in [2.75, 3.05) is 0 Å². The van der Waals surface area contributed by atoms with E-state index in [4.69, 9.17) is 0 Å². The molecule has 2 N–H and O–H groups in total. The van der Waals surface area contributed by atoms with Gasteiger partial charge in [0.1, 0.15) is 17.7 Å². The summed E-state index contributed by atoms with van der Waals surface area (Å²) < 4.78 is 17.3. The first-order chi connectivity index (χ1) is 17.2. The first-order valence-electron chi connectivity index (χ1n) is 14.0. The van der Waals surface area contributed by atoms with Crippen molar-refractivity contribution in [3.63, 3.8) is 0 Å². The Balaban J connectivity index is 1.55. The largest absolute Gasteiger partial charge is 0.392 e. The molecule has 4 aliphatic rings. The molecular weight excluding hydrogens is 475 g/mol. The highest BCUT2D eigenvalue weighted by Crippen LogP contribution is 2.69. The molecule has 0 bridgehead atoms. The monoisotopic (exact) mass is 518 g/mol. The highest BCUT2D eigenvalue weighted by molar-refractivity contribution is 5.94. The third kappa shape index (κ3) is 4.19. The van der Waals surface area contributed by atoms with Crippen LogP contribution in [0.4, 0.5) is 4.39 Å². The zero-order valence-electron chi connectivity index (χ0n) is 22.9. The number of carbonyl (C=O) groups excluding carboxylic acids is 4. The number of hydrogen-bond donors (Lipinski definition) is 2. The zero-order valence-corrected chi connectivity index (χ0v) is 22.9. The quantitative estimate of drug-likeness (QED) is 0.495. The third-order valence-corrected chi connectivity index (χ3v) is 11.1. The van der Waals surface area contributed by atoms with Gasteiger partial charge in [-0.1, -0.05) is 33.3 Å². The minimum atomic E-state index is -2.33. The Hall–Kier alpha value is -1.73. The van der Waals surface area contributed by atoms with Crippen molar-refractivity contribution in [3.8, 4) is 0 Å². The third-order valence-electron chi connectivity index (χ3n) is 11.1. The number of hydrogen-bond acceptors (Lipinski definition) is 6. The van der Waals surface area contributed by atoms with E-state index < -0.39 is 46.3 Å². The van der Waals surface area contributed by atoms with Gasteiger partial charge in [-0.2, -0.15) is 0 Å². The van der Waals surface area contributed by atoms with E-state index in [1.165, 1.54) is 13.0 Å². The summed E-state index contributed by atoms with van der Waals surface area (Å²) in [4.78, 5) is 50.0. The fourth-order valence-electron chi connectivity index (χ4n) is 8.53. The van der Waals surface area contributed by atoms with E-state index in [-0.39, 0.29) is 54.4 Å². The van der Waals surface area contributed by atoms with Gasteiger partial charge in [0, 0.05) is 41.9 Å². The molecule has 7 heteroatoms. The van der Waals surface area contributed by atoms with E-state index in [0.29, 0.717) is 44.1 Å². The van der Waals surface area contributed by atoms with Crippen LogP contribution in [0.25, 0.3) is 0 Å². The molecule has 0 aromatic carbocycles. The summed E-state index contributed by atoms with van der Waals surface area (Å²) in [6.45, 7) is 8.92. The Bertz CT molecular complexity index is 1020. The van der Waals surface area contributed by atoms with Crippen LogP contribution in [0.15, 0.2) is 11.6 Å². The molecule has 4 rings (SSSR count). The van der Waals surface area contributed by atoms with Crippen molar-refractivity contribution >= 4 is 23.1 Å². The van der Waals surface area contributed by atoms with E-state index >= 15 is 4.39 Å². The smallest absolute Gasteiger partial charge is 0.171 e. The summed E-state index contributed by atoms with van der Waals surface area (Å²) in [5.41, 5.74) is -3.99. The van der Waals surface area contributed by atoms with Crippen molar-refractivity contribution in [1.82, 2.24) is 0 Å². The number of rotatable bonds is 8. The molecule has 3 saturated carbocycles. The first kappa shape index (κ1) is 28.3. The molecule has 0 heterocycles. The van der Waals surface area contributed by atoms with Crippen LogP contribution in [0, 0.1) is 40.4 Å². The van der Waals surface area contributed by atoms with E-state index in [9.17, 15) is 29.4 Å². The summed E-state index contributed by atoms with van der Waals surface area (Å²) in [5.74, 6) is -2.01. The lowest BCUT2D eigenvalue weighted by Crippen LogP contribution is -2.73. The Kier molecular flexibility index (Phi) is 7.48. The van der Waals surface area contributed by atoms with Crippen LogP contribution in [0.5, 0.6) is 0 Å². The number of carbonyl (C=O) groups is 4. The lowest BCUT2D eigenvalue weighted by atomic mass is 9.43. The van der Waals surface area contributed by atoms with Crippen molar-refractivity contribution in [3.05, 3.63) is 11.6 Å². The minimum Gasteiger partial charge on any atom is -0.392 e. The highest BCUT2D eigenvalue weighted by Gasteiger charge is 2.76. The van der Waals surface area contributed by atoms with Crippen molar-refractivity contribution in [1.29, 1.82) is 0 Å². The van der Waals surface area contributed by atoms with E-state index in [1.807, 2.05) is 20.8 Å². The topological polar surface area (TPSA) is 109 Å². The summed E-state index contributed by atoms with van der Waals surface area (Å²) in [7, 11) is 0. The number of alkyl halides is 1. The average molecular weight is 519 g/mol. The van der Waals surface area contributed by atoms with Gasteiger partial charge in [0.2, 0.25) is 0 Å². The predicted molar refractivity (Wildman–Crippen MR) is 136 cm³/mol. The van der Waals surface area contributed by atoms with Gasteiger partial charge in [-0.3, -0.25) is 19.2 Å². The van der Waals surface area contributed by atoms with Crippen molar-refractivity contribution in [2.45, 2.75) is 110 Å². The standard InChI is InChI=1S/C30H43FO6/c1-16(18(3)32)6-8-20(33)9-7-17(2)22-10-11-23-25-24(35)15-19-14-21(34)12-13-28(19,4)30(25,31)27(37)26(36)29(22,23)5/h14,16-17,22-25,27,35,37H,6-13,15H2,1-5H3/t16?,17-,22-,23+,24-,25-,27+,28+,29-,30+/m1/s1. The van der Waals surface area contributed by atoms with E-state index in [2.05, 4.69) is 0 Å². The van der Waals surface area contributed by atoms with Crippen molar-refractivity contribution in [2.24, 2.45) is 40.4 Å². The number of aliphatic hydroxyl groups is 2. The van der Waals surface area contributed by atoms with Crippen LogP contribution in [0.1, 0.15) is 92.4 Å². The van der Waals surface area contributed by atoms with Crippen molar-refractivity contribution < 1.29 is 33.8 Å². The zero-order chi connectivity index (χ0) is 27.5. The van der Waals surface area contributed by atoms with Gasteiger partial charge in [-0.25, -0.2) is 4.39 Å². The molecule has 3 fully saturated rings. The lowest BCUT2D eigenvalue weighted by Gasteiger charge is -2.63. The van der Waals surface area contributed by atoms with Gasteiger partial charge in [0.15, 0.2) is 17.2 Å². The molecule has 4 aliphatic carbocycles. The number of ketones is 4. The number of aliphatic hydroxyl groups excluding tert-OH is 2. The Morgan fingerprint density at radius 2 is 1.76 bits per heavy atom. The fourth-order valence-corrected chi connectivity index (χ4v) is 8.53. The van der Waals surface area contributed by atoms with Crippen LogP contribution in [0.2, 0.25) is 0 Å². The Labute approximate surface area is 219 Å². The molecule has 0 spiro atoms. The minimum absolute atomic E-state index is 0.00604. The maximum Gasteiger partial charge on any atom is 0.171 e. The predicted octanol–water partition coefficient (Wildman–Crippen LogP) is 4.34. The molecule has 37 heavy (non-hydrogen) atoms. The molecule has 1 unspecified atom stereocenters. The second kappa shape index (κ2) is 9.78. The summed E-state index contributed by atoms with van der Waals surface area (Å²) in [5, 5.41) is 22.6. The fraction of sp³-hybridized carbons (Fsp3) is 0.800. The van der Waals surface area contributed by atoms with Gasteiger partial charge in [-0.05, 0) is 69.3 Å². The van der Waals surface area contributed by atoms with E-state index in [1.54, 1.807) is 6.92 Å². The molecule has 0 saturated heterocycles. The second-order valence-corrected chi connectivity index (χ2v) is 13.0. The first-order valence-corrected chi connectivity index (χ1v) is 14.0. The van der Waals surface area contributed by atoms with Gasteiger partial charge < -0.3 is 10.2 Å². The summed E-state index contributed by atoms with van der Waals surface area (Å²) >= 11 is 0. The second-order valence-electron chi connectivity index (χ2n) is 13.0. The highest BCUT2D eigenvalue weighted by atomic mass is 19.1. The molecule has 0 amide bonds. The van der Waals surface area contributed by atoms with Crippen LogP contribution in [-0.2, 0) is 19.2 Å². The van der Waals surface area contributed by atoms with Crippen LogP contribution >= 0.6 is 0 Å². The maximum atomic E-state index is 17.3. The molecular formula is C30H43FO6. The number of Topliss-reactive ketones (excluding diaryl/α,β-unsaturated/α-hetero) is 3. The van der Waals surface area contributed by atoms with Gasteiger partial charge in [0.05, 0.1) is 6.10 Å². The van der Waals surface area contributed by atoms with E-state index in [0.717, 1.165) is 0 Å². The van der Waals surface area contributed by atoms with Crippen LogP contribution < -0.4 is 0 Å². The summed E-state index contributed by atoms with van der Waals surface area (Å²) in [6.07, 6.45) is 2.11. The summed E-state index contributed by atoms with van der Waals surface area (Å²) in [6, 6.07) is 0. The Morgan fingerprint density at radius 3 is 2.41 bits per heavy atom. The number of halogens is 1. The van der Waals surface area contributed by atoms with Gasteiger partial charge in [0.25, 0.3) is 0 Å². The molecule has 0 aliphatic heterocycles. The normalized spacial score (nSPS) is 42.8. The molecule has 206 valence electrons. The molecule has 0 radical (unpaired) electrons. The van der Waals surface area contributed by atoms with Gasteiger partial charge in [-0.15, -0.1) is 0 Å². The van der Waals surface area contributed by atoms with Crippen LogP contribution in [-0.4, -0.2) is 51.2 Å². The molecule has 0 aromatic rings.